The molecule has 1 amide bonds. The van der Waals surface area contributed by atoms with E-state index < -0.39 is 15.9 Å². The molecule has 3 aromatic carbocycles. The number of sulfonamides is 1. The van der Waals surface area contributed by atoms with Crippen LogP contribution in [0.3, 0.4) is 0 Å². The average Bonchev–Trinajstić information content (AvgIpc) is 2.76. The van der Waals surface area contributed by atoms with Crippen LogP contribution in [-0.4, -0.2) is 28.5 Å². The van der Waals surface area contributed by atoms with Crippen molar-refractivity contribution in [1.29, 1.82) is 0 Å². The lowest BCUT2D eigenvalue weighted by Crippen LogP contribution is -2.26. The van der Waals surface area contributed by atoms with Crippen LogP contribution in [0.5, 0.6) is 5.75 Å². The third-order valence-corrected chi connectivity index (χ3v) is 7.07. The quantitative estimate of drug-likeness (QED) is 0.561. The lowest BCUT2D eigenvalue weighted by molar-refractivity contribution is 0.102. The van der Waals surface area contributed by atoms with Crippen LogP contribution in [-0.2, 0) is 10.0 Å². The summed E-state index contributed by atoms with van der Waals surface area (Å²) in [4.78, 5) is 12.8. The Hall–Kier alpha value is -3.03. The van der Waals surface area contributed by atoms with Crippen LogP contribution >= 0.6 is 11.6 Å². The van der Waals surface area contributed by atoms with E-state index in [1.54, 1.807) is 30.3 Å². The molecule has 8 heteroatoms. The molecule has 0 fully saturated rings. The topological polar surface area (TPSA) is 75.7 Å². The lowest BCUT2D eigenvalue weighted by atomic mass is 10.1. The zero-order valence-corrected chi connectivity index (χ0v) is 19.2. The SMILES string of the molecule is COc1cc(Cl)c(C)cc1NC(=O)c1cccc(S(=O)(=O)N(C)c2ccc(C)cc2)c1. The Bertz CT molecular complexity index is 1220. The molecule has 3 aromatic rings. The largest absolute Gasteiger partial charge is 0.495 e. The number of ether oxygens (including phenoxy) is 1. The first kappa shape index (κ1) is 22.7. The van der Waals surface area contributed by atoms with Crippen molar-refractivity contribution in [3.8, 4) is 5.75 Å². The summed E-state index contributed by atoms with van der Waals surface area (Å²) in [6.45, 7) is 3.74. The summed E-state index contributed by atoms with van der Waals surface area (Å²) < 4.78 is 32.7. The number of rotatable bonds is 6. The maximum atomic E-state index is 13.1. The highest BCUT2D eigenvalue weighted by Gasteiger charge is 2.23. The predicted octanol–water partition coefficient (Wildman–Crippen LogP) is 5.04. The smallest absolute Gasteiger partial charge is 0.264 e. The monoisotopic (exact) mass is 458 g/mol. The number of hydrogen-bond donors (Lipinski definition) is 1. The molecule has 0 saturated heterocycles. The molecule has 0 heterocycles. The molecule has 3 rings (SSSR count). The van der Waals surface area contributed by atoms with Crippen molar-refractivity contribution >= 4 is 38.9 Å². The highest BCUT2D eigenvalue weighted by Crippen LogP contribution is 2.31. The summed E-state index contributed by atoms with van der Waals surface area (Å²) in [6.07, 6.45) is 0. The van der Waals surface area contributed by atoms with Crippen molar-refractivity contribution in [1.82, 2.24) is 0 Å². The van der Waals surface area contributed by atoms with E-state index in [0.717, 1.165) is 11.1 Å². The van der Waals surface area contributed by atoms with Crippen molar-refractivity contribution in [2.45, 2.75) is 18.7 Å². The fraction of sp³-hybridized carbons (Fsp3) is 0.174. The number of carbonyl (C=O) groups is 1. The van der Waals surface area contributed by atoms with Gasteiger partial charge in [-0.05, 0) is 55.8 Å². The van der Waals surface area contributed by atoms with E-state index in [1.165, 1.54) is 36.7 Å². The van der Waals surface area contributed by atoms with Gasteiger partial charge >= 0.3 is 0 Å². The molecule has 0 spiro atoms. The van der Waals surface area contributed by atoms with Crippen LogP contribution in [0.4, 0.5) is 11.4 Å². The zero-order chi connectivity index (χ0) is 22.8. The van der Waals surface area contributed by atoms with Gasteiger partial charge in [-0.1, -0.05) is 35.4 Å². The maximum absolute atomic E-state index is 13.1. The summed E-state index contributed by atoms with van der Waals surface area (Å²) >= 11 is 6.11. The van der Waals surface area contributed by atoms with Gasteiger partial charge < -0.3 is 10.1 Å². The highest BCUT2D eigenvalue weighted by atomic mass is 35.5. The molecular formula is C23H23ClN2O4S. The zero-order valence-electron chi connectivity index (χ0n) is 17.6. The number of hydrogen-bond acceptors (Lipinski definition) is 4. The standard InChI is InChI=1S/C23H23ClN2O4S/c1-15-8-10-18(11-9-15)26(3)31(28,29)19-7-5-6-17(13-19)23(27)25-21-12-16(2)20(24)14-22(21)30-4/h5-14H,1-4H3,(H,25,27). The Labute approximate surface area is 187 Å². The summed E-state index contributed by atoms with van der Waals surface area (Å²) in [6, 6.07) is 16.4. The Morgan fingerprint density at radius 2 is 1.71 bits per heavy atom. The summed E-state index contributed by atoms with van der Waals surface area (Å²) in [5, 5.41) is 3.28. The Balaban J connectivity index is 1.90. The minimum Gasteiger partial charge on any atom is -0.495 e. The molecule has 0 saturated carbocycles. The first-order chi connectivity index (χ1) is 14.6. The average molecular weight is 459 g/mol. The van der Waals surface area contributed by atoms with Crippen molar-refractivity contribution in [2.24, 2.45) is 0 Å². The van der Waals surface area contributed by atoms with Crippen LogP contribution in [0.2, 0.25) is 5.02 Å². The first-order valence-corrected chi connectivity index (χ1v) is 11.3. The van der Waals surface area contributed by atoms with Crippen LogP contribution in [0.15, 0.2) is 65.6 Å². The summed E-state index contributed by atoms with van der Waals surface area (Å²) in [5.74, 6) is -0.0538. The van der Waals surface area contributed by atoms with Crippen LogP contribution < -0.4 is 14.4 Å². The van der Waals surface area contributed by atoms with Gasteiger partial charge in [0.1, 0.15) is 5.75 Å². The Kier molecular flexibility index (Phi) is 6.57. The molecular weight excluding hydrogens is 436 g/mol. The first-order valence-electron chi connectivity index (χ1n) is 9.44. The summed E-state index contributed by atoms with van der Waals surface area (Å²) in [7, 11) is -0.891. The molecule has 162 valence electrons. The van der Waals surface area contributed by atoms with Gasteiger partial charge in [-0.2, -0.15) is 0 Å². The molecule has 0 aliphatic carbocycles. The van der Waals surface area contributed by atoms with E-state index in [1.807, 2.05) is 26.0 Å². The fourth-order valence-corrected chi connectivity index (χ4v) is 4.37. The molecule has 0 atom stereocenters. The number of nitrogens with zero attached hydrogens (tertiary/aromatic N) is 1. The molecule has 0 aliphatic heterocycles. The number of halogens is 1. The van der Waals surface area contributed by atoms with Gasteiger partial charge in [0.15, 0.2) is 0 Å². The van der Waals surface area contributed by atoms with E-state index in [9.17, 15) is 13.2 Å². The molecule has 0 bridgehead atoms. The van der Waals surface area contributed by atoms with Crippen molar-refractivity contribution < 1.29 is 17.9 Å². The fourth-order valence-electron chi connectivity index (χ4n) is 2.97. The number of benzene rings is 3. The minimum absolute atomic E-state index is 0.0162. The third-order valence-electron chi connectivity index (χ3n) is 4.88. The van der Waals surface area contributed by atoms with Crippen LogP contribution in [0.25, 0.3) is 0 Å². The van der Waals surface area contributed by atoms with Crippen LogP contribution in [0, 0.1) is 13.8 Å². The molecule has 1 N–H and O–H groups in total. The molecule has 6 nitrogen and oxygen atoms in total. The molecule has 0 aromatic heterocycles. The van der Waals surface area contributed by atoms with Gasteiger partial charge in [0, 0.05) is 23.7 Å². The predicted molar refractivity (Wildman–Crippen MR) is 124 cm³/mol. The van der Waals surface area contributed by atoms with E-state index in [-0.39, 0.29) is 10.5 Å². The molecule has 0 aliphatic rings. The van der Waals surface area contributed by atoms with Gasteiger partial charge in [0.05, 0.1) is 23.4 Å². The third kappa shape index (κ3) is 4.84. The maximum Gasteiger partial charge on any atom is 0.264 e. The number of nitrogens with one attached hydrogen (secondary N) is 1. The van der Waals surface area contributed by atoms with Crippen LogP contribution in [0.1, 0.15) is 21.5 Å². The van der Waals surface area contributed by atoms with Crippen molar-refractivity contribution in [3.05, 3.63) is 82.4 Å². The van der Waals surface area contributed by atoms with Gasteiger partial charge in [0.25, 0.3) is 15.9 Å². The molecule has 0 radical (unpaired) electrons. The normalized spacial score (nSPS) is 11.1. The van der Waals surface area contributed by atoms with Gasteiger partial charge in [-0.25, -0.2) is 8.42 Å². The molecule has 0 unspecified atom stereocenters. The highest BCUT2D eigenvalue weighted by molar-refractivity contribution is 7.92. The van der Waals surface area contributed by atoms with E-state index in [0.29, 0.717) is 22.1 Å². The molecule has 31 heavy (non-hydrogen) atoms. The van der Waals surface area contributed by atoms with Gasteiger partial charge in [-0.15, -0.1) is 0 Å². The van der Waals surface area contributed by atoms with E-state index in [2.05, 4.69) is 5.32 Å². The van der Waals surface area contributed by atoms with Crippen molar-refractivity contribution in [2.75, 3.05) is 23.8 Å². The number of methoxy groups -OCH3 is 1. The minimum atomic E-state index is -3.85. The number of aryl methyl sites for hydroxylation is 2. The Morgan fingerprint density at radius 1 is 1.03 bits per heavy atom. The van der Waals surface area contributed by atoms with E-state index in [4.69, 9.17) is 16.3 Å². The van der Waals surface area contributed by atoms with Gasteiger partial charge in [-0.3, -0.25) is 9.10 Å². The lowest BCUT2D eigenvalue weighted by Gasteiger charge is -2.20. The second-order valence-electron chi connectivity index (χ2n) is 7.09. The van der Waals surface area contributed by atoms with E-state index >= 15 is 0 Å². The number of carbonyl (C=O) groups excluding carboxylic acids is 1. The van der Waals surface area contributed by atoms with Gasteiger partial charge in [0.2, 0.25) is 0 Å². The summed E-state index contributed by atoms with van der Waals surface area (Å²) in [5.41, 5.74) is 2.98. The second-order valence-corrected chi connectivity index (χ2v) is 9.47. The second kappa shape index (κ2) is 8.99. The Morgan fingerprint density at radius 3 is 2.35 bits per heavy atom. The number of anilines is 2. The van der Waals surface area contributed by atoms with Crippen molar-refractivity contribution in [3.63, 3.8) is 0 Å². The number of amides is 1.